The number of fused-ring (bicyclic) bond motifs is 6. The van der Waals surface area contributed by atoms with Gasteiger partial charge in [0.15, 0.2) is 5.60 Å². The Morgan fingerprint density at radius 1 is 0.844 bits per heavy atom. The Bertz CT molecular complexity index is 1210. The van der Waals surface area contributed by atoms with E-state index < -0.39 is 5.60 Å². The molecule has 0 saturated heterocycles. The maximum absolute atomic E-state index is 13.1. The van der Waals surface area contributed by atoms with Gasteiger partial charge in [-0.2, -0.15) is 0 Å². The normalized spacial score (nSPS) is 17.9. The van der Waals surface area contributed by atoms with Crippen molar-refractivity contribution < 1.29 is 14.3 Å². The first-order chi connectivity index (χ1) is 15.6. The highest BCUT2D eigenvalue weighted by Gasteiger charge is 2.54. The molecule has 0 aromatic heterocycles. The van der Waals surface area contributed by atoms with Crippen LogP contribution in [0.25, 0.3) is 0 Å². The fourth-order valence-corrected chi connectivity index (χ4v) is 5.23. The van der Waals surface area contributed by atoms with Crippen LogP contribution in [0.3, 0.4) is 0 Å². The van der Waals surface area contributed by atoms with E-state index in [1.54, 1.807) is 0 Å². The van der Waals surface area contributed by atoms with E-state index in [1.165, 1.54) is 5.56 Å². The summed E-state index contributed by atoms with van der Waals surface area (Å²) in [6.07, 6.45) is 1.74. The maximum Gasteiger partial charge on any atom is 0.340 e. The number of ether oxygens (including phenoxy) is 2. The first-order valence-electron chi connectivity index (χ1n) is 11.6. The van der Waals surface area contributed by atoms with E-state index in [0.717, 1.165) is 65.4 Å². The lowest BCUT2D eigenvalue weighted by Gasteiger charge is -2.38. The second kappa shape index (κ2) is 7.70. The van der Waals surface area contributed by atoms with Gasteiger partial charge in [-0.05, 0) is 62.1 Å². The molecule has 0 amide bonds. The molecule has 2 aliphatic rings. The lowest BCUT2D eigenvalue weighted by Crippen LogP contribution is -2.34. The second-order valence-corrected chi connectivity index (χ2v) is 8.41. The Kier molecular flexibility index (Phi) is 4.96. The average Bonchev–Trinajstić information content (AvgIpc) is 3.12. The number of benzene rings is 3. The smallest absolute Gasteiger partial charge is 0.340 e. The Labute approximate surface area is 189 Å². The molecule has 1 atom stereocenters. The van der Waals surface area contributed by atoms with E-state index >= 15 is 0 Å². The van der Waals surface area contributed by atoms with Crippen LogP contribution in [-0.4, -0.2) is 19.1 Å². The van der Waals surface area contributed by atoms with Crippen molar-refractivity contribution in [3.05, 3.63) is 88.0 Å². The highest BCUT2D eigenvalue weighted by atomic mass is 16.6. The maximum atomic E-state index is 13.1. The number of hydrogen-bond acceptors (Lipinski definition) is 4. The highest BCUT2D eigenvalue weighted by Crippen LogP contribution is 2.57. The fraction of sp³-hybridized carbons (Fsp3) is 0.321. The molecule has 1 unspecified atom stereocenters. The lowest BCUT2D eigenvalue weighted by molar-refractivity contribution is 0.0222. The standard InChI is InChI=1S/C28H29NO3/c1-5-18-15-19(6-2)26-25(16-18)31-24-17-20(29(7-3)8-4)13-14-23(24)28(26)22-12-10-9-11-21(22)27(30)32-28/h9-17H,5-8H2,1-4H3. The number of carbonyl (C=O) groups excluding carboxylic acids is 1. The number of anilines is 1. The zero-order valence-electron chi connectivity index (χ0n) is 19.2. The molecular formula is C28H29NO3. The molecule has 164 valence electrons. The Balaban J connectivity index is 1.84. The first kappa shape index (κ1) is 20.6. The molecule has 1 spiro atoms. The number of esters is 1. The van der Waals surface area contributed by atoms with E-state index in [1.807, 2.05) is 24.3 Å². The predicted molar refractivity (Wildman–Crippen MR) is 127 cm³/mol. The summed E-state index contributed by atoms with van der Waals surface area (Å²) in [6, 6.07) is 18.4. The quantitative estimate of drug-likeness (QED) is 0.453. The van der Waals surface area contributed by atoms with E-state index in [4.69, 9.17) is 9.47 Å². The molecule has 32 heavy (non-hydrogen) atoms. The summed E-state index contributed by atoms with van der Waals surface area (Å²) in [5.41, 5.74) is 5.85. The molecule has 0 bridgehead atoms. The largest absolute Gasteiger partial charge is 0.456 e. The van der Waals surface area contributed by atoms with E-state index in [0.29, 0.717) is 5.56 Å². The summed E-state index contributed by atoms with van der Waals surface area (Å²) in [6.45, 7) is 10.4. The summed E-state index contributed by atoms with van der Waals surface area (Å²) >= 11 is 0. The van der Waals surface area contributed by atoms with Crippen molar-refractivity contribution in [3.63, 3.8) is 0 Å². The second-order valence-electron chi connectivity index (χ2n) is 8.41. The predicted octanol–water partition coefficient (Wildman–Crippen LogP) is 6.23. The van der Waals surface area contributed by atoms with Crippen LogP contribution >= 0.6 is 0 Å². The molecular weight excluding hydrogens is 398 g/mol. The van der Waals surface area contributed by atoms with Gasteiger partial charge in [0, 0.05) is 36.0 Å². The first-order valence-corrected chi connectivity index (χ1v) is 11.6. The molecule has 5 rings (SSSR count). The van der Waals surface area contributed by atoms with Crippen LogP contribution in [0.1, 0.15) is 65.9 Å². The van der Waals surface area contributed by atoms with Crippen molar-refractivity contribution in [1.82, 2.24) is 0 Å². The van der Waals surface area contributed by atoms with Gasteiger partial charge in [-0.15, -0.1) is 0 Å². The minimum atomic E-state index is -0.990. The molecule has 0 radical (unpaired) electrons. The molecule has 4 nitrogen and oxygen atoms in total. The third kappa shape index (κ3) is 2.78. The Morgan fingerprint density at radius 3 is 2.34 bits per heavy atom. The van der Waals surface area contributed by atoms with Gasteiger partial charge in [0.25, 0.3) is 0 Å². The number of aryl methyl sites for hydroxylation is 2. The summed E-state index contributed by atoms with van der Waals surface area (Å²) < 4.78 is 12.9. The van der Waals surface area contributed by atoms with Crippen LogP contribution < -0.4 is 9.64 Å². The van der Waals surface area contributed by atoms with Gasteiger partial charge in [0.05, 0.1) is 11.1 Å². The molecule has 3 aromatic carbocycles. The van der Waals surface area contributed by atoms with Crippen LogP contribution in [0.5, 0.6) is 11.5 Å². The van der Waals surface area contributed by atoms with Crippen LogP contribution in [0.4, 0.5) is 5.69 Å². The molecule has 4 heteroatoms. The molecule has 0 fully saturated rings. The number of rotatable bonds is 5. The Hall–Kier alpha value is -3.27. The average molecular weight is 428 g/mol. The third-order valence-electron chi connectivity index (χ3n) is 6.85. The third-order valence-corrected chi connectivity index (χ3v) is 6.85. The van der Waals surface area contributed by atoms with Crippen molar-refractivity contribution in [2.45, 2.75) is 46.1 Å². The van der Waals surface area contributed by atoms with Crippen LogP contribution in [-0.2, 0) is 23.2 Å². The molecule has 0 aliphatic carbocycles. The zero-order valence-corrected chi connectivity index (χ0v) is 19.2. The van der Waals surface area contributed by atoms with Gasteiger partial charge in [0.1, 0.15) is 11.5 Å². The van der Waals surface area contributed by atoms with Gasteiger partial charge in [0.2, 0.25) is 0 Å². The molecule has 0 N–H and O–H groups in total. The minimum absolute atomic E-state index is 0.283. The van der Waals surface area contributed by atoms with Crippen molar-refractivity contribution in [1.29, 1.82) is 0 Å². The monoisotopic (exact) mass is 427 g/mol. The van der Waals surface area contributed by atoms with Gasteiger partial charge < -0.3 is 14.4 Å². The molecule has 2 aliphatic heterocycles. The fourth-order valence-electron chi connectivity index (χ4n) is 5.23. The highest BCUT2D eigenvalue weighted by molar-refractivity contribution is 5.97. The SMILES string of the molecule is CCc1cc(CC)c2c(c1)Oc1cc(N(CC)CC)ccc1C21OC(=O)c2ccccc21. The molecule has 3 aromatic rings. The van der Waals surface area contributed by atoms with Gasteiger partial charge >= 0.3 is 5.97 Å². The van der Waals surface area contributed by atoms with Crippen molar-refractivity contribution in [3.8, 4) is 11.5 Å². The minimum Gasteiger partial charge on any atom is -0.456 e. The van der Waals surface area contributed by atoms with Crippen LogP contribution in [0, 0.1) is 0 Å². The van der Waals surface area contributed by atoms with Gasteiger partial charge in [-0.25, -0.2) is 4.79 Å². The Morgan fingerprint density at radius 2 is 1.62 bits per heavy atom. The van der Waals surface area contributed by atoms with Gasteiger partial charge in [-0.3, -0.25) is 0 Å². The summed E-state index contributed by atoms with van der Waals surface area (Å²) in [7, 11) is 0. The summed E-state index contributed by atoms with van der Waals surface area (Å²) in [5, 5.41) is 0. The molecule has 2 heterocycles. The van der Waals surface area contributed by atoms with Gasteiger partial charge in [-0.1, -0.05) is 38.1 Å². The zero-order chi connectivity index (χ0) is 22.5. The number of nitrogens with zero attached hydrogens (tertiary/aromatic N) is 1. The van der Waals surface area contributed by atoms with Crippen molar-refractivity contribution in [2.24, 2.45) is 0 Å². The number of carbonyl (C=O) groups is 1. The lowest BCUT2D eigenvalue weighted by atomic mass is 9.75. The van der Waals surface area contributed by atoms with E-state index in [-0.39, 0.29) is 5.97 Å². The van der Waals surface area contributed by atoms with Crippen molar-refractivity contribution in [2.75, 3.05) is 18.0 Å². The molecule has 0 saturated carbocycles. The van der Waals surface area contributed by atoms with E-state index in [2.05, 4.69) is 62.9 Å². The summed E-state index contributed by atoms with van der Waals surface area (Å²) in [4.78, 5) is 15.4. The summed E-state index contributed by atoms with van der Waals surface area (Å²) in [5.74, 6) is 1.26. The topological polar surface area (TPSA) is 38.8 Å². The van der Waals surface area contributed by atoms with E-state index in [9.17, 15) is 4.79 Å². The number of hydrogen-bond donors (Lipinski definition) is 0. The van der Waals surface area contributed by atoms with Crippen molar-refractivity contribution >= 4 is 11.7 Å². The van der Waals surface area contributed by atoms with Crippen LogP contribution in [0.2, 0.25) is 0 Å². The van der Waals surface area contributed by atoms with Crippen LogP contribution in [0.15, 0.2) is 54.6 Å².